The molecule has 1 heterocycles. The maximum absolute atomic E-state index is 5.38. The monoisotopic (exact) mass is 185 g/mol. The molecule has 1 aliphatic rings. The molecule has 0 N–H and O–H groups in total. The number of nitrogens with zero attached hydrogens (tertiary/aromatic N) is 1. The first-order chi connectivity index (χ1) is 5.73. The second-order valence-electron chi connectivity index (χ2n) is 2.39. The first kappa shape index (κ1) is 9.59. The number of terminal acetylenes is 1. The van der Waals surface area contributed by atoms with Crippen molar-refractivity contribution in [1.82, 2.24) is 0 Å². The average Bonchev–Trinajstić information content (AvgIpc) is 2.49. The molecule has 1 saturated heterocycles. The van der Waals surface area contributed by atoms with Gasteiger partial charge in [-0.2, -0.15) is 4.99 Å². The third kappa shape index (κ3) is 1.81. The molecule has 0 aromatic rings. The molecule has 1 aliphatic heterocycles. The quantitative estimate of drug-likeness (QED) is 0.348. The predicted molar refractivity (Wildman–Crippen MR) is 50.1 cm³/mol. The van der Waals surface area contributed by atoms with E-state index in [0.29, 0.717) is 18.3 Å². The van der Waals surface area contributed by atoms with Crippen molar-refractivity contribution in [3.8, 4) is 12.5 Å². The number of hydrogen-bond donors (Lipinski definition) is 0. The van der Waals surface area contributed by atoms with Crippen molar-refractivity contribution in [3.63, 3.8) is 0 Å². The van der Waals surface area contributed by atoms with E-state index in [4.69, 9.17) is 15.9 Å². The van der Waals surface area contributed by atoms with Gasteiger partial charge in [0.1, 0.15) is 5.04 Å². The molecule has 0 saturated carbocycles. The maximum Gasteiger partial charge on any atom is 0.216 e. The summed E-state index contributed by atoms with van der Waals surface area (Å²) in [6, 6.07) is 2.23. The molecule has 0 radical (unpaired) electrons. The molecule has 3 nitrogen and oxygen atoms in total. The van der Waals surface area contributed by atoms with Crippen LogP contribution < -0.4 is 0 Å². The van der Waals surface area contributed by atoms with Crippen molar-refractivity contribution in [2.45, 2.75) is 12.7 Å². The summed E-state index contributed by atoms with van der Waals surface area (Å²) in [5.41, 5.74) is 0. The van der Waals surface area contributed by atoms with Crippen molar-refractivity contribution >= 4 is 16.8 Å². The first-order valence-electron chi connectivity index (χ1n) is 3.58. The molecule has 0 unspecified atom stereocenters. The van der Waals surface area contributed by atoms with Crippen LogP contribution >= 0.6 is 11.8 Å². The number of hydrogen-bond acceptors (Lipinski definition) is 4. The van der Waals surface area contributed by atoms with Gasteiger partial charge < -0.3 is 9.47 Å². The molecule has 0 spiro atoms. The summed E-state index contributed by atoms with van der Waals surface area (Å²) in [4.78, 5) is 3.85. The zero-order valence-corrected chi connectivity index (χ0v) is 7.98. The van der Waals surface area contributed by atoms with Crippen LogP contribution in [0.5, 0.6) is 0 Å². The Kier molecular flexibility index (Phi) is 3.15. The highest BCUT2D eigenvalue weighted by atomic mass is 32.2. The van der Waals surface area contributed by atoms with Crippen LogP contribution in [0.4, 0.5) is 0 Å². The Morgan fingerprint density at radius 3 is 2.58 bits per heavy atom. The summed E-state index contributed by atoms with van der Waals surface area (Å²) in [6.07, 6.45) is 6.96. The van der Waals surface area contributed by atoms with E-state index in [-0.39, 0.29) is 0 Å². The highest BCUT2D eigenvalue weighted by molar-refractivity contribution is 8.13. The van der Waals surface area contributed by atoms with Gasteiger partial charge in [-0.05, 0) is 13.2 Å². The van der Waals surface area contributed by atoms with Crippen molar-refractivity contribution in [2.24, 2.45) is 4.99 Å². The second-order valence-corrected chi connectivity index (χ2v) is 3.19. The van der Waals surface area contributed by atoms with Crippen LogP contribution in [0.3, 0.4) is 0 Å². The van der Waals surface area contributed by atoms with Gasteiger partial charge in [0.25, 0.3) is 0 Å². The SMILES string of the molecule is C#CN=C(SC)C1(C)OCCO1. The van der Waals surface area contributed by atoms with E-state index in [1.54, 1.807) is 0 Å². The van der Waals surface area contributed by atoms with Gasteiger partial charge in [0, 0.05) is 6.04 Å². The molecular weight excluding hydrogens is 174 g/mol. The standard InChI is InChI=1S/C8H11NO2S/c1-4-9-7(12-3)8(2)10-5-6-11-8/h1H,5-6H2,2-3H3. The molecule has 0 aliphatic carbocycles. The molecule has 12 heavy (non-hydrogen) atoms. The summed E-state index contributed by atoms with van der Waals surface area (Å²) in [5, 5.41) is 0.697. The molecule has 0 aromatic heterocycles. The van der Waals surface area contributed by atoms with E-state index >= 15 is 0 Å². The Hall–Kier alpha value is -0.500. The minimum absolute atomic E-state index is 0.598. The summed E-state index contributed by atoms with van der Waals surface area (Å²) in [6.45, 7) is 3.02. The van der Waals surface area contributed by atoms with Crippen molar-refractivity contribution in [1.29, 1.82) is 0 Å². The smallest absolute Gasteiger partial charge is 0.216 e. The zero-order chi connectivity index (χ0) is 9.03. The summed E-state index contributed by atoms with van der Waals surface area (Å²) in [7, 11) is 0. The van der Waals surface area contributed by atoms with Crippen LogP contribution in [-0.2, 0) is 9.47 Å². The highest BCUT2D eigenvalue weighted by Crippen LogP contribution is 2.25. The highest BCUT2D eigenvalue weighted by Gasteiger charge is 2.36. The van der Waals surface area contributed by atoms with Gasteiger partial charge in [0.15, 0.2) is 0 Å². The van der Waals surface area contributed by atoms with Crippen molar-refractivity contribution in [3.05, 3.63) is 0 Å². The van der Waals surface area contributed by atoms with Gasteiger partial charge >= 0.3 is 0 Å². The Labute approximate surface area is 76.5 Å². The summed E-state index contributed by atoms with van der Waals surface area (Å²) < 4.78 is 10.8. The maximum atomic E-state index is 5.38. The number of rotatable bonds is 1. The zero-order valence-electron chi connectivity index (χ0n) is 7.16. The van der Waals surface area contributed by atoms with Crippen molar-refractivity contribution < 1.29 is 9.47 Å². The molecule has 0 atom stereocenters. The Balaban J connectivity index is 2.78. The Morgan fingerprint density at radius 2 is 2.17 bits per heavy atom. The van der Waals surface area contributed by atoms with Crippen molar-refractivity contribution in [2.75, 3.05) is 19.5 Å². The largest absolute Gasteiger partial charge is 0.342 e. The van der Waals surface area contributed by atoms with Crippen LogP contribution in [-0.4, -0.2) is 30.3 Å². The van der Waals surface area contributed by atoms with E-state index in [0.717, 1.165) is 0 Å². The van der Waals surface area contributed by atoms with E-state index in [2.05, 4.69) is 11.0 Å². The summed E-state index contributed by atoms with van der Waals surface area (Å²) >= 11 is 1.45. The lowest BCUT2D eigenvalue weighted by Crippen LogP contribution is -2.34. The molecule has 0 bridgehead atoms. The fraction of sp³-hybridized carbons (Fsp3) is 0.625. The van der Waals surface area contributed by atoms with Gasteiger partial charge in [-0.1, -0.05) is 6.42 Å². The lowest BCUT2D eigenvalue weighted by molar-refractivity contribution is -0.0788. The Bertz CT molecular complexity index is 226. The van der Waals surface area contributed by atoms with Gasteiger partial charge in [0.05, 0.1) is 13.2 Å². The fourth-order valence-electron chi connectivity index (χ4n) is 1.03. The molecule has 66 valence electrons. The summed E-state index contributed by atoms with van der Waals surface area (Å²) in [5.74, 6) is -0.716. The minimum atomic E-state index is -0.716. The molecular formula is C8H11NO2S. The van der Waals surface area contributed by atoms with E-state index in [9.17, 15) is 0 Å². The van der Waals surface area contributed by atoms with Crippen LogP contribution in [0.2, 0.25) is 0 Å². The fourth-order valence-corrected chi connectivity index (χ4v) is 1.66. The van der Waals surface area contributed by atoms with Gasteiger partial charge in [-0.25, -0.2) is 0 Å². The molecule has 0 amide bonds. The van der Waals surface area contributed by atoms with E-state index < -0.39 is 5.79 Å². The average molecular weight is 185 g/mol. The lowest BCUT2D eigenvalue weighted by Gasteiger charge is -2.21. The minimum Gasteiger partial charge on any atom is -0.342 e. The Morgan fingerprint density at radius 1 is 1.58 bits per heavy atom. The van der Waals surface area contributed by atoms with Crippen LogP contribution in [0.1, 0.15) is 6.92 Å². The molecule has 4 heteroatoms. The van der Waals surface area contributed by atoms with Gasteiger partial charge in [0.2, 0.25) is 5.79 Å². The van der Waals surface area contributed by atoms with E-state index in [1.807, 2.05) is 13.2 Å². The number of ether oxygens (including phenoxy) is 2. The van der Waals surface area contributed by atoms with Crippen LogP contribution in [0, 0.1) is 12.5 Å². The second kappa shape index (κ2) is 3.94. The lowest BCUT2D eigenvalue weighted by atomic mass is 10.3. The van der Waals surface area contributed by atoms with Gasteiger partial charge in [-0.15, -0.1) is 11.8 Å². The van der Waals surface area contributed by atoms with E-state index in [1.165, 1.54) is 11.8 Å². The normalized spacial score (nSPS) is 22.2. The van der Waals surface area contributed by atoms with Gasteiger partial charge in [-0.3, -0.25) is 0 Å². The molecule has 1 rings (SSSR count). The number of aliphatic imine (C=N–C) groups is 1. The third-order valence-corrected chi connectivity index (χ3v) is 2.44. The topological polar surface area (TPSA) is 30.8 Å². The predicted octanol–water partition coefficient (Wildman–Crippen LogP) is 1.10. The number of thioether (sulfide) groups is 1. The van der Waals surface area contributed by atoms with Crippen LogP contribution in [0.15, 0.2) is 4.99 Å². The third-order valence-electron chi connectivity index (χ3n) is 1.59. The first-order valence-corrected chi connectivity index (χ1v) is 4.81. The van der Waals surface area contributed by atoms with Crippen LogP contribution in [0.25, 0.3) is 0 Å². The molecule has 0 aromatic carbocycles. The molecule has 1 fully saturated rings.